The molecule has 0 spiro atoms. The van der Waals surface area contributed by atoms with Crippen molar-refractivity contribution in [2.45, 2.75) is 37.9 Å². The van der Waals surface area contributed by atoms with Gasteiger partial charge in [0.25, 0.3) is 0 Å². The summed E-state index contributed by atoms with van der Waals surface area (Å²) in [6.07, 6.45) is -0.0580. The SMILES string of the molecule is C[C@H]1[C@H](O)[C@@H](CO)OC(c2cccc(OCc3ccc(-n4cncn4)cc3)c2)[C@H]1O. The highest BCUT2D eigenvalue weighted by Crippen LogP contribution is 2.36. The molecule has 1 aliphatic rings. The largest absolute Gasteiger partial charge is 0.489 e. The number of ether oxygens (including phenoxy) is 2. The third kappa shape index (κ3) is 4.22. The quantitative estimate of drug-likeness (QED) is 0.566. The zero-order valence-electron chi connectivity index (χ0n) is 16.6. The van der Waals surface area contributed by atoms with Crippen LogP contribution in [0.5, 0.6) is 5.75 Å². The van der Waals surface area contributed by atoms with Gasteiger partial charge in [0, 0.05) is 5.92 Å². The van der Waals surface area contributed by atoms with Crippen molar-refractivity contribution in [1.82, 2.24) is 14.8 Å². The molecule has 0 saturated carbocycles. The smallest absolute Gasteiger partial charge is 0.138 e. The Balaban J connectivity index is 1.43. The summed E-state index contributed by atoms with van der Waals surface area (Å²) in [6.45, 7) is 1.82. The van der Waals surface area contributed by atoms with Gasteiger partial charge < -0.3 is 24.8 Å². The number of aromatic nitrogens is 3. The molecule has 158 valence electrons. The van der Waals surface area contributed by atoms with Crippen LogP contribution in [-0.4, -0.2) is 55.0 Å². The summed E-state index contributed by atoms with van der Waals surface area (Å²) in [6, 6.07) is 15.1. The molecule has 0 bridgehead atoms. The lowest BCUT2D eigenvalue weighted by atomic mass is 9.85. The van der Waals surface area contributed by atoms with Gasteiger partial charge in [-0.2, -0.15) is 5.10 Å². The van der Waals surface area contributed by atoms with Gasteiger partial charge in [0.05, 0.1) is 24.5 Å². The van der Waals surface area contributed by atoms with Crippen molar-refractivity contribution in [2.75, 3.05) is 6.61 Å². The molecule has 8 heteroatoms. The first-order valence-corrected chi connectivity index (χ1v) is 9.86. The fraction of sp³-hybridized carbons (Fsp3) is 0.364. The molecule has 1 saturated heterocycles. The zero-order chi connectivity index (χ0) is 21.1. The van der Waals surface area contributed by atoms with Crippen molar-refractivity contribution in [1.29, 1.82) is 0 Å². The topological polar surface area (TPSA) is 110 Å². The van der Waals surface area contributed by atoms with Crippen LogP contribution in [0.4, 0.5) is 0 Å². The maximum atomic E-state index is 10.6. The minimum atomic E-state index is -0.916. The van der Waals surface area contributed by atoms with Crippen molar-refractivity contribution >= 4 is 0 Å². The van der Waals surface area contributed by atoms with Gasteiger partial charge in [-0.1, -0.05) is 31.2 Å². The van der Waals surface area contributed by atoms with Crippen LogP contribution in [0.2, 0.25) is 0 Å². The van der Waals surface area contributed by atoms with E-state index in [0.717, 1.165) is 16.8 Å². The Morgan fingerprint density at radius 1 is 1.10 bits per heavy atom. The van der Waals surface area contributed by atoms with Gasteiger partial charge in [-0.15, -0.1) is 0 Å². The lowest BCUT2D eigenvalue weighted by Gasteiger charge is -2.41. The van der Waals surface area contributed by atoms with E-state index in [4.69, 9.17) is 9.47 Å². The lowest BCUT2D eigenvalue weighted by Crippen LogP contribution is -2.50. The monoisotopic (exact) mass is 411 g/mol. The Kier molecular flexibility index (Phi) is 6.10. The van der Waals surface area contributed by atoms with Crippen molar-refractivity contribution in [2.24, 2.45) is 5.92 Å². The molecule has 2 heterocycles. The van der Waals surface area contributed by atoms with E-state index in [0.29, 0.717) is 12.4 Å². The Morgan fingerprint density at radius 2 is 1.90 bits per heavy atom. The molecule has 1 aliphatic heterocycles. The number of nitrogens with zero attached hydrogens (tertiary/aromatic N) is 3. The molecule has 30 heavy (non-hydrogen) atoms. The first-order valence-electron chi connectivity index (χ1n) is 9.86. The first kappa shape index (κ1) is 20.5. The third-order valence-corrected chi connectivity index (χ3v) is 5.48. The second kappa shape index (κ2) is 8.93. The molecule has 0 amide bonds. The predicted octanol–water partition coefficient (Wildman–Crippen LogP) is 1.64. The van der Waals surface area contributed by atoms with Crippen molar-refractivity contribution in [3.8, 4) is 11.4 Å². The summed E-state index contributed by atoms with van der Waals surface area (Å²) in [5.41, 5.74) is 2.64. The van der Waals surface area contributed by atoms with Crippen molar-refractivity contribution in [3.05, 3.63) is 72.3 Å². The third-order valence-electron chi connectivity index (χ3n) is 5.48. The van der Waals surface area contributed by atoms with E-state index in [-0.39, 0.29) is 6.61 Å². The van der Waals surface area contributed by atoms with Gasteiger partial charge >= 0.3 is 0 Å². The lowest BCUT2D eigenvalue weighted by molar-refractivity contribution is -0.207. The van der Waals surface area contributed by atoms with Gasteiger partial charge in [0.2, 0.25) is 0 Å². The minimum Gasteiger partial charge on any atom is -0.489 e. The van der Waals surface area contributed by atoms with Crippen LogP contribution in [0, 0.1) is 5.92 Å². The summed E-state index contributed by atoms with van der Waals surface area (Å²) in [4.78, 5) is 3.94. The number of aliphatic hydroxyl groups excluding tert-OH is 3. The zero-order valence-corrected chi connectivity index (χ0v) is 16.6. The van der Waals surface area contributed by atoms with E-state index in [2.05, 4.69) is 10.1 Å². The molecular formula is C22H25N3O5. The standard InChI is InChI=1S/C22H25N3O5/c1-14-20(27)19(10-26)30-22(21(14)28)16-3-2-4-18(9-16)29-11-15-5-7-17(8-6-15)25-13-23-12-24-25/h2-9,12-14,19-22,26-28H,10-11H2,1H3/t14-,19+,20-,21-,22?/m0/s1. The highest BCUT2D eigenvalue weighted by Gasteiger charge is 2.42. The fourth-order valence-corrected chi connectivity index (χ4v) is 3.63. The molecule has 3 N–H and O–H groups in total. The van der Waals surface area contributed by atoms with Crippen LogP contribution < -0.4 is 4.74 Å². The molecule has 0 radical (unpaired) electrons. The summed E-state index contributed by atoms with van der Waals surface area (Å²) < 4.78 is 13.4. The first-order chi connectivity index (χ1) is 14.6. The normalized spacial score (nSPS) is 26.5. The van der Waals surface area contributed by atoms with Crippen LogP contribution in [-0.2, 0) is 11.3 Å². The second-order valence-corrected chi connectivity index (χ2v) is 7.49. The number of rotatable bonds is 6. The van der Waals surface area contributed by atoms with Crippen LogP contribution in [0.1, 0.15) is 24.2 Å². The maximum Gasteiger partial charge on any atom is 0.138 e. The van der Waals surface area contributed by atoms with Crippen LogP contribution >= 0.6 is 0 Å². The van der Waals surface area contributed by atoms with Gasteiger partial charge in [0.15, 0.2) is 0 Å². The molecule has 1 aromatic heterocycles. The van der Waals surface area contributed by atoms with E-state index < -0.39 is 30.3 Å². The Hall–Kier alpha value is -2.78. The Bertz CT molecular complexity index is 946. The second-order valence-electron chi connectivity index (χ2n) is 7.49. The highest BCUT2D eigenvalue weighted by atomic mass is 16.5. The van der Waals surface area contributed by atoms with Crippen molar-refractivity contribution in [3.63, 3.8) is 0 Å². The average Bonchev–Trinajstić information content (AvgIpc) is 3.32. The number of aliphatic hydroxyl groups is 3. The molecule has 0 aliphatic carbocycles. The summed E-state index contributed by atoms with van der Waals surface area (Å²) in [7, 11) is 0. The van der Waals surface area contributed by atoms with E-state index in [1.807, 2.05) is 48.5 Å². The maximum absolute atomic E-state index is 10.6. The minimum absolute atomic E-state index is 0.310. The summed E-state index contributed by atoms with van der Waals surface area (Å²) in [5, 5.41) is 34.3. The van der Waals surface area contributed by atoms with Gasteiger partial charge in [-0.3, -0.25) is 0 Å². The van der Waals surface area contributed by atoms with Gasteiger partial charge in [0.1, 0.15) is 37.2 Å². The summed E-state index contributed by atoms with van der Waals surface area (Å²) in [5.74, 6) is 0.219. The van der Waals surface area contributed by atoms with E-state index >= 15 is 0 Å². The van der Waals surface area contributed by atoms with Gasteiger partial charge in [-0.05, 0) is 35.4 Å². The molecule has 4 rings (SSSR count). The molecule has 2 aromatic carbocycles. The molecule has 8 nitrogen and oxygen atoms in total. The van der Waals surface area contributed by atoms with Crippen molar-refractivity contribution < 1.29 is 24.8 Å². The molecule has 5 atom stereocenters. The number of benzene rings is 2. The van der Waals surface area contributed by atoms with Gasteiger partial charge in [-0.25, -0.2) is 9.67 Å². The van der Waals surface area contributed by atoms with E-state index in [9.17, 15) is 15.3 Å². The molecule has 1 unspecified atom stereocenters. The molecule has 1 fully saturated rings. The Morgan fingerprint density at radius 3 is 2.60 bits per heavy atom. The van der Waals surface area contributed by atoms with Crippen LogP contribution in [0.3, 0.4) is 0 Å². The van der Waals surface area contributed by atoms with Crippen LogP contribution in [0.15, 0.2) is 61.2 Å². The number of hydrogen-bond donors (Lipinski definition) is 3. The predicted molar refractivity (Wildman–Crippen MR) is 108 cm³/mol. The molecule has 3 aromatic rings. The average molecular weight is 411 g/mol. The highest BCUT2D eigenvalue weighted by molar-refractivity contribution is 5.34. The summed E-state index contributed by atoms with van der Waals surface area (Å²) >= 11 is 0. The Labute approximate surface area is 174 Å². The number of hydrogen-bond acceptors (Lipinski definition) is 7. The van der Waals surface area contributed by atoms with Crippen LogP contribution in [0.25, 0.3) is 5.69 Å². The van der Waals surface area contributed by atoms with E-state index in [1.54, 1.807) is 17.9 Å². The van der Waals surface area contributed by atoms with E-state index in [1.165, 1.54) is 6.33 Å². The fourth-order valence-electron chi connectivity index (χ4n) is 3.63. The molecular weight excluding hydrogens is 386 g/mol.